The Kier molecular flexibility index (Phi) is 13.7. The third kappa shape index (κ3) is 9.75. The first-order valence-corrected chi connectivity index (χ1v) is 18.8. The van der Waals surface area contributed by atoms with E-state index in [0.717, 1.165) is 91.5 Å². The summed E-state index contributed by atoms with van der Waals surface area (Å²) in [6.45, 7) is 8.79. The van der Waals surface area contributed by atoms with Crippen molar-refractivity contribution in [3.05, 3.63) is 116 Å². The smallest absolute Gasteiger partial charge is 0.126 e. The summed E-state index contributed by atoms with van der Waals surface area (Å²) in [5.74, 6) is 9.13. The fourth-order valence-electron chi connectivity index (χ4n) is 6.95. The summed E-state index contributed by atoms with van der Waals surface area (Å²) in [4.78, 5) is 0. The lowest BCUT2D eigenvalue weighted by Gasteiger charge is -2.23. The number of terminal acetylenes is 2. The molecule has 0 amide bonds. The van der Waals surface area contributed by atoms with Gasteiger partial charge in [0.2, 0.25) is 0 Å². The van der Waals surface area contributed by atoms with Gasteiger partial charge in [0.25, 0.3) is 0 Å². The van der Waals surface area contributed by atoms with E-state index in [1.807, 2.05) is 0 Å². The molecule has 0 saturated heterocycles. The van der Waals surface area contributed by atoms with Crippen molar-refractivity contribution < 1.29 is 33.2 Å². The van der Waals surface area contributed by atoms with Crippen LogP contribution >= 0.6 is 0 Å². The quantitative estimate of drug-likeness (QED) is 0.167. The van der Waals surface area contributed by atoms with Gasteiger partial charge in [-0.2, -0.15) is 0 Å². The van der Waals surface area contributed by atoms with E-state index >= 15 is 0 Å². The molecule has 53 heavy (non-hydrogen) atoms. The number of ether oxygens (including phenoxy) is 7. The number of para-hydroxylation sites is 2. The topological polar surface area (TPSA) is 64.6 Å². The Morgan fingerprint density at radius 2 is 0.811 bits per heavy atom. The summed E-state index contributed by atoms with van der Waals surface area (Å²) in [6.07, 6.45) is 16.2. The van der Waals surface area contributed by atoms with Crippen molar-refractivity contribution in [2.45, 2.75) is 52.4 Å². The fourth-order valence-corrected chi connectivity index (χ4v) is 6.95. The summed E-state index contributed by atoms with van der Waals surface area (Å²) >= 11 is 0. The highest BCUT2D eigenvalue weighted by Gasteiger charge is 2.23. The van der Waals surface area contributed by atoms with E-state index in [9.17, 15) is 0 Å². The minimum absolute atomic E-state index is 0.367. The van der Waals surface area contributed by atoms with E-state index in [0.29, 0.717) is 91.8 Å². The molecule has 1 heterocycles. The van der Waals surface area contributed by atoms with Crippen molar-refractivity contribution in [2.24, 2.45) is 0 Å². The van der Waals surface area contributed by atoms with Crippen molar-refractivity contribution in [3.63, 3.8) is 0 Å². The monoisotopic (exact) mass is 714 g/mol. The molecule has 276 valence electrons. The van der Waals surface area contributed by atoms with Crippen LogP contribution < -0.4 is 18.9 Å². The van der Waals surface area contributed by atoms with Crippen LogP contribution in [0.15, 0.2) is 60.7 Å². The summed E-state index contributed by atoms with van der Waals surface area (Å²) in [5.41, 5.74) is 9.70. The number of benzene rings is 4. The van der Waals surface area contributed by atoms with Crippen molar-refractivity contribution in [1.29, 1.82) is 0 Å². The molecular formula is C46H50O7. The summed E-state index contributed by atoms with van der Waals surface area (Å²) < 4.78 is 44.1. The second-order valence-electron chi connectivity index (χ2n) is 13.3. The number of hydrogen-bond donors (Lipinski definition) is 0. The predicted molar refractivity (Wildman–Crippen MR) is 208 cm³/mol. The first-order chi connectivity index (χ1) is 26.1. The third-order valence-corrected chi connectivity index (χ3v) is 9.29. The lowest BCUT2D eigenvalue weighted by molar-refractivity contribution is 0.00484. The van der Waals surface area contributed by atoms with Crippen LogP contribution in [-0.2, 0) is 39.9 Å². The van der Waals surface area contributed by atoms with Gasteiger partial charge < -0.3 is 33.2 Å². The van der Waals surface area contributed by atoms with Gasteiger partial charge in [0.05, 0.1) is 52.9 Å². The standard InChI is InChI=1S/C46H50O7/c1-5-15-50-43-35-11-9-12-36(43)30-40-26-34(8-4)28-42-32-38-14-10-13-37(44(38)51-16-6-2)31-41-27-33(7-3)25-39(29-35)45(41)52-23-21-48-19-17-47-18-20-49-22-24-53-46(40)42/h3-4,9-14,25-28H,5-6,15-24,29-32H2,1-2H3. The number of hydrogen-bond acceptors (Lipinski definition) is 7. The van der Waals surface area contributed by atoms with Gasteiger partial charge in [-0.3, -0.25) is 0 Å². The Morgan fingerprint density at radius 3 is 1.11 bits per heavy atom. The van der Waals surface area contributed by atoms with Crippen LogP contribution in [0.1, 0.15) is 82.3 Å². The van der Waals surface area contributed by atoms with Crippen molar-refractivity contribution in [3.8, 4) is 47.7 Å². The van der Waals surface area contributed by atoms with Gasteiger partial charge in [0, 0.05) is 59.1 Å². The first kappa shape index (κ1) is 37.8. The molecule has 1 aliphatic heterocycles. The maximum atomic E-state index is 6.67. The van der Waals surface area contributed by atoms with Crippen molar-refractivity contribution in [1.82, 2.24) is 0 Å². The zero-order valence-corrected chi connectivity index (χ0v) is 31.1. The second-order valence-corrected chi connectivity index (χ2v) is 13.3. The molecule has 4 aromatic carbocycles. The summed E-state index contributed by atoms with van der Waals surface area (Å²) in [5, 5.41) is 0. The fraction of sp³-hybridized carbons (Fsp3) is 0.391. The molecule has 1 aliphatic carbocycles. The second kappa shape index (κ2) is 19.2. The highest BCUT2D eigenvalue weighted by Crippen LogP contribution is 2.40. The zero-order chi connectivity index (χ0) is 36.8. The Hall–Kier alpha value is -4.92. The molecule has 0 atom stereocenters. The van der Waals surface area contributed by atoms with E-state index in [-0.39, 0.29) is 0 Å². The van der Waals surface area contributed by atoms with Crippen LogP contribution in [-0.4, -0.2) is 66.1 Å². The average Bonchev–Trinajstić information content (AvgIpc) is 3.16. The maximum Gasteiger partial charge on any atom is 0.126 e. The van der Waals surface area contributed by atoms with E-state index in [1.165, 1.54) is 0 Å². The van der Waals surface area contributed by atoms with Gasteiger partial charge in [-0.25, -0.2) is 0 Å². The molecule has 0 aromatic heterocycles. The molecule has 0 unspecified atom stereocenters. The predicted octanol–water partition coefficient (Wildman–Crippen LogP) is 7.72. The van der Waals surface area contributed by atoms with E-state index < -0.39 is 0 Å². The largest absolute Gasteiger partial charge is 0.493 e. The van der Waals surface area contributed by atoms with Gasteiger partial charge in [-0.1, -0.05) is 62.1 Å². The Bertz CT molecular complexity index is 1700. The van der Waals surface area contributed by atoms with Crippen LogP contribution in [0.2, 0.25) is 0 Å². The Balaban J connectivity index is 1.61. The van der Waals surface area contributed by atoms with Crippen LogP contribution in [0.4, 0.5) is 0 Å². The van der Waals surface area contributed by atoms with Crippen LogP contribution in [0, 0.1) is 24.7 Å². The molecule has 7 nitrogen and oxygen atoms in total. The highest BCUT2D eigenvalue weighted by molar-refractivity contribution is 5.59. The SMILES string of the molecule is C#Cc1cc2c3c(c1)Cc1cccc(c1OCCC)Cc1cc(C#C)cc(c1OCCOCCOCCOCCO3)Cc1cccc(c1OCCC)C2. The molecular weight excluding hydrogens is 664 g/mol. The zero-order valence-electron chi connectivity index (χ0n) is 31.1. The van der Waals surface area contributed by atoms with E-state index in [1.54, 1.807) is 0 Å². The van der Waals surface area contributed by atoms with E-state index in [4.69, 9.17) is 46.0 Å². The molecule has 4 aromatic rings. The Morgan fingerprint density at radius 1 is 0.491 bits per heavy atom. The molecule has 0 radical (unpaired) electrons. The van der Waals surface area contributed by atoms with Gasteiger partial charge in [-0.15, -0.1) is 12.8 Å². The molecule has 2 aliphatic rings. The molecule has 6 rings (SSSR count). The van der Waals surface area contributed by atoms with Gasteiger partial charge in [-0.05, 0) is 59.4 Å². The van der Waals surface area contributed by atoms with E-state index in [2.05, 4.69) is 86.4 Å². The van der Waals surface area contributed by atoms with Crippen LogP contribution in [0.25, 0.3) is 0 Å². The lowest BCUT2D eigenvalue weighted by atomic mass is 9.89. The van der Waals surface area contributed by atoms with Crippen LogP contribution in [0.5, 0.6) is 23.0 Å². The molecule has 0 fully saturated rings. The molecule has 0 saturated carbocycles. The molecule has 10 bridgehead atoms. The summed E-state index contributed by atoms with van der Waals surface area (Å²) in [7, 11) is 0. The van der Waals surface area contributed by atoms with Crippen molar-refractivity contribution in [2.75, 3.05) is 66.1 Å². The summed E-state index contributed by atoms with van der Waals surface area (Å²) in [6, 6.07) is 20.9. The maximum absolute atomic E-state index is 6.67. The third-order valence-electron chi connectivity index (χ3n) is 9.29. The Labute approximate surface area is 314 Å². The van der Waals surface area contributed by atoms with Gasteiger partial charge in [0.1, 0.15) is 36.2 Å². The lowest BCUT2D eigenvalue weighted by Crippen LogP contribution is -2.16. The highest BCUT2D eigenvalue weighted by atomic mass is 16.6. The first-order valence-electron chi connectivity index (χ1n) is 18.8. The minimum atomic E-state index is 0.367. The molecule has 0 spiro atoms. The minimum Gasteiger partial charge on any atom is -0.493 e. The normalized spacial score (nSPS) is 15.2. The molecule has 0 N–H and O–H groups in total. The van der Waals surface area contributed by atoms with Crippen LogP contribution in [0.3, 0.4) is 0 Å². The number of rotatable bonds is 6. The van der Waals surface area contributed by atoms with Gasteiger partial charge in [0.15, 0.2) is 0 Å². The number of fused-ring (bicyclic) bond motifs is 2. The average molecular weight is 715 g/mol. The van der Waals surface area contributed by atoms with Crippen molar-refractivity contribution >= 4 is 0 Å². The van der Waals surface area contributed by atoms with Gasteiger partial charge >= 0.3 is 0 Å². The molecule has 7 heteroatoms.